The van der Waals surface area contributed by atoms with Crippen molar-refractivity contribution < 1.29 is 14.6 Å². The third-order valence-corrected chi connectivity index (χ3v) is 6.72. The van der Waals surface area contributed by atoms with Gasteiger partial charge in [-0.25, -0.2) is 4.68 Å². The third kappa shape index (κ3) is 6.85. The van der Waals surface area contributed by atoms with E-state index in [1.54, 1.807) is 0 Å². The first-order valence-corrected chi connectivity index (χ1v) is 13.0. The molecule has 7 heteroatoms. The van der Waals surface area contributed by atoms with Crippen molar-refractivity contribution in [3.05, 3.63) is 70.9 Å². The Hall–Kier alpha value is -2.38. The van der Waals surface area contributed by atoms with Crippen molar-refractivity contribution in [2.24, 2.45) is 0 Å². The molecule has 0 radical (unpaired) electrons. The monoisotopic (exact) mass is 497 g/mol. The standard InChI is InChI=1S/C28H36ClN3O3/c1-3-4-13-23(33)18-31(19-24-14-10-17-34-24)20-25-21(2)30-32(22-11-6-5-7-12-22)28(25)35-27-16-9-8-15-26(27)29/h5-9,11-12,15-16,23-24,33H,3-4,10,13-14,17-20H2,1-2H3/t23-,24+/m1/s1. The van der Waals surface area contributed by atoms with Gasteiger partial charge in [-0.05, 0) is 50.5 Å². The van der Waals surface area contributed by atoms with E-state index in [1.807, 2.05) is 66.2 Å². The Labute approximate surface area is 213 Å². The highest BCUT2D eigenvalue weighted by molar-refractivity contribution is 6.32. The molecule has 1 aromatic heterocycles. The predicted octanol–water partition coefficient (Wildman–Crippen LogP) is 6.16. The summed E-state index contributed by atoms with van der Waals surface area (Å²) in [5.74, 6) is 1.23. The van der Waals surface area contributed by atoms with Gasteiger partial charge in [0.15, 0.2) is 0 Å². The molecule has 1 N–H and O–H groups in total. The molecule has 0 bridgehead atoms. The molecule has 1 saturated heterocycles. The van der Waals surface area contributed by atoms with Crippen LogP contribution in [0.1, 0.15) is 50.3 Å². The molecule has 0 saturated carbocycles. The zero-order valence-electron chi connectivity index (χ0n) is 20.7. The summed E-state index contributed by atoms with van der Waals surface area (Å²) in [7, 11) is 0. The smallest absolute Gasteiger partial charge is 0.227 e. The predicted molar refractivity (Wildman–Crippen MR) is 140 cm³/mol. The summed E-state index contributed by atoms with van der Waals surface area (Å²) in [6, 6.07) is 17.4. The van der Waals surface area contributed by atoms with Gasteiger partial charge in [0, 0.05) is 26.2 Å². The normalized spacial score (nSPS) is 16.7. The summed E-state index contributed by atoms with van der Waals surface area (Å²) in [5.41, 5.74) is 2.78. The number of aryl methyl sites for hydroxylation is 1. The molecule has 1 aliphatic rings. The average molecular weight is 498 g/mol. The minimum absolute atomic E-state index is 0.186. The van der Waals surface area contributed by atoms with Crippen LogP contribution in [0, 0.1) is 6.92 Å². The maximum absolute atomic E-state index is 10.7. The van der Waals surface area contributed by atoms with Crippen molar-refractivity contribution in [2.45, 2.75) is 64.7 Å². The quantitative estimate of drug-likeness (QED) is 0.325. The molecule has 0 aliphatic carbocycles. The minimum atomic E-state index is -0.381. The zero-order chi connectivity index (χ0) is 24.6. The van der Waals surface area contributed by atoms with Gasteiger partial charge in [0.2, 0.25) is 5.88 Å². The lowest BCUT2D eigenvalue weighted by molar-refractivity contribution is 0.0434. The molecule has 1 aliphatic heterocycles. The van der Waals surface area contributed by atoms with Crippen LogP contribution in [0.4, 0.5) is 0 Å². The molecule has 3 aromatic rings. The molecule has 0 amide bonds. The molecule has 4 rings (SSSR count). The molecule has 0 unspecified atom stereocenters. The molecule has 2 aromatic carbocycles. The summed E-state index contributed by atoms with van der Waals surface area (Å²) >= 11 is 6.45. The third-order valence-electron chi connectivity index (χ3n) is 6.41. The van der Waals surface area contributed by atoms with Gasteiger partial charge in [-0.2, -0.15) is 5.10 Å². The van der Waals surface area contributed by atoms with Crippen LogP contribution in [0.25, 0.3) is 5.69 Å². The maximum Gasteiger partial charge on any atom is 0.227 e. The molecular formula is C28H36ClN3O3. The average Bonchev–Trinajstić information content (AvgIpc) is 3.48. The second-order valence-electron chi connectivity index (χ2n) is 9.27. The van der Waals surface area contributed by atoms with Crippen LogP contribution in [0.2, 0.25) is 5.02 Å². The first kappa shape index (κ1) is 25.7. The summed E-state index contributed by atoms with van der Waals surface area (Å²) in [5, 5.41) is 16.1. The Bertz CT molecular complexity index is 1070. The lowest BCUT2D eigenvalue weighted by Crippen LogP contribution is -2.37. The van der Waals surface area contributed by atoms with E-state index in [4.69, 9.17) is 26.2 Å². The number of aliphatic hydroxyl groups excluding tert-OH is 1. The Kier molecular flexibility index (Phi) is 9.21. The number of nitrogens with zero attached hydrogens (tertiary/aromatic N) is 3. The van der Waals surface area contributed by atoms with Crippen LogP contribution in [-0.4, -0.2) is 51.7 Å². The lowest BCUT2D eigenvalue weighted by Gasteiger charge is -2.27. The van der Waals surface area contributed by atoms with E-state index in [0.717, 1.165) is 62.2 Å². The first-order chi connectivity index (χ1) is 17.0. The van der Waals surface area contributed by atoms with E-state index in [1.165, 1.54) is 0 Å². The molecule has 2 atom stereocenters. The fourth-order valence-corrected chi connectivity index (χ4v) is 4.71. The van der Waals surface area contributed by atoms with Crippen molar-refractivity contribution in [1.29, 1.82) is 0 Å². The second-order valence-corrected chi connectivity index (χ2v) is 9.68. The van der Waals surface area contributed by atoms with Crippen LogP contribution in [0.3, 0.4) is 0 Å². The number of rotatable bonds is 12. The van der Waals surface area contributed by atoms with E-state index in [0.29, 0.717) is 29.7 Å². The highest BCUT2D eigenvalue weighted by atomic mass is 35.5. The molecule has 6 nitrogen and oxygen atoms in total. The van der Waals surface area contributed by atoms with Gasteiger partial charge in [0.1, 0.15) is 5.75 Å². The molecule has 35 heavy (non-hydrogen) atoms. The number of unbranched alkanes of at least 4 members (excludes halogenated alkanes) is 1. The van der Waals surface area contributed by atoms with Crippen molar-refractivity contribution in [3.63, 3.8) is 0 Å². The van der Waals surface area contributed by atoms with E-state index in [9.17, 15) is 5.11 Å². The van der Waals surface area contributed by atoms with E-state index in [-0.39, 0.29) is 12.2 Å². The number of ether oxygens (including phenoxy) is 2. The van der Waals surface area contributed by atoms with Crippen LogP contribution >= 0.6 is 11.6 Å². The fraction of sp³-hybridized carbons (Fsp3) is 0.464. The largest absolute Gasteiger partial charge is 0.437 e. The van der Waals surface area contributed by atoms with Gasteiger partial charge in [0.25, 0.3) is 0 Å². The van der Waals surface area contributed by atoms with Crippen LogP contribution < -0.4 is 4.74 Å². The number of hydrogen-bond donors (Lipinski definition) is 1. The molecule has 188 valence electrons. The minimum Gasteiger partial charge on any atom is -0.437 e. The van der Waals surface area contributed by atoms with Crippen LogP contribution in [-0.2, 0) is 11.3 Å². The van der Waals surface area contributed by atoms with Crippen LogP contribution in [0.5, 0.6) is 11.6 Å². The van der Waals surface area contributed by atoms with Crippen molar-refractivity contribution >= 4 is 11.6 Å². The Morgan fingerprint density at radius 1 is 1.20 bits per heavy atom. The van der Waals surface area contributed by atoms with Gasteiger partial charge in [0.05, 0.1) is 34.2 Å². The number of aliphatic hydroxyl groups is 1. The van der Waals surface area contributed by atoms with E-state index in [2.05, 4.69) is 11.8 Å². The summed E-state index contributed by atoms with van der Waals surface area (Å²) in [6.07, 6.45) is 4.82. The number of aromatic nitrogens is 2. The highest BCUT2D eigenvalue weighted by Gasteiger charge is 2.26. The van der Waals surface area contributed by atoms with Crippen molar-refractivity contribution in [2.75, 3.05) is 19.7 Å². The van der Waals surface area contributed by atoms with Gasteiger partial charge in [-0.1, -0.05) is 61.7 Å². The fourth-order valence-electron chi connectivity index (χ4n) is 4.53. The SMILES string of the molecule is CCCC[C@@H](O)CN(Cc1c(C)nn(-c2ccccc2)c1Oc1ccccc1Cl)C[C@@H]1CCCO1. The Morgan fingerprint density at radius 2 is 1.97 bits per heavy atom. The summed E-state index contributed by atoms with van der Waals surface area (Å²) in [4.78, 5) is 2.29. The maximum atomic E-state index is 10.7. The number of para-hydroxylation sites is 2. The summed E-state index contributed by atoms with van der Waals surface area (Å²) < 4.78 is 14.2. The van der Waals surface area contributed by atoms with Crippen LogP contribution in [0.15, 0.2) is 54.6 Å². The zero-order valence-corrected chi connectivity index (χ0v) is 21.5. The number of hydrogen-bond acceptors (Lipinski definition) is 5. The summed E-state index contributed by atoms with van der Waals surface area (Å²) in [6.45, 7) is 6.92. The number of halogens is 1. The van der Waals surface area contributed by atoms with Gasteiger partial charge in [-0.15, -0.1) is 0 Å². The first-order valence-electron chi connectivity index (χ1n) is 12.6. The molecule has 2 heterocycles. The lowest BCUT2D eigenvalue weighted by atomic mass is 10.1. The topological polar surface area (TPSA) is 59.8 Å². The van der Waals surface area contributed by atoms with E-state index < -0.39 is 0 Å². The van der Waals surface area contributed by atoms with Gasteiger partial charge >= 0.3 is 0 Å². The molecular weight excluding hydrogens is 462 g/mol. The van der Waals surface area contributed by atoms with Gasteiger partial charge in [-0.3, -0.25) is 4.90 Å². The second kappa shape index (κ2) is 12.5. The van der Waals surface area contributed by atoms with Crippen molar-refractivity contribution in [3.8, 4) is 17.3 Å². The number of benzene rings is 2. The highest BCUT2D eigenvalue weighted by Crippen LogP contribution is 2.35. The molecule has 1 fully saturated rings. The van der Waals surface area contributed by atoms with Crippen molar-refractivity contribution in [1.82, 2.24) is 14.7 Å². The molecule has 0 spiro atoms. The Balaban J connectivity index is 1.67. The van der Waals surface area contributed by atoms with Gasteiger partial charge < -0.3 is 14.6 Å². The van der Waals surface area contributed by atoms with E-state index >= 15 is 0 Å². The Morgan fingerprint density at radius 3 is 2.69 bits per heavy atom.